The summed E-state index contributed by atoms with van der Waals surface area (Å²) in [4.78, 5) is 0. The molecule has 1 radical (unpaired) electrons. The lowest BCUT2D eigenvalue weighted by molar-refractivity contribution is -0.0394. The molecule has 0 aromatic carbocycles. The second-order valence-corrected chi connectivity index (χ2v) is 2.71. The fraction of sp³-hybridized carbons (Fsp3) is 1.00. The molecule has 0 aromatic heterocycles. The molecule has 0 saturated heterocycles. The SMILES string of the molecule is CCCC(C)OC(C)C[O]. The zero-order chi connectivity index (χ0) is 7.98. The maximum atomic E-state index is 10.2. The van der Waals surface area contributed by atoms with Gasteiger partial charge in [0.15, 0.2) is 0 Å². The Kier molecular flexibility index (Phi) is 5.64. The lowest BCUT2D eigenvalue weighted by Gasteiger charge is -2.15. The van der Waals surface area contributed by atoms with Crippen molar-refractivity contribution in [2.75, 3.05) is 6.61 Å². The molecule has 2 heteroatoms. The summed E-state index contributed by atoms with van der Waals surface area (Å²) >= 11 is 0. The third-order valence-electron chi connectivity index (χ3n) is 1.39. The van der Waals surface area contributed by atoms with E-state index >= 15 is 0 Å². The summed E-state index contributed by atoms with van der Waals surface area (Å²) in [5, 5.41) is 10.2. The van der Waals surface area contributed by atoms with Crippen molar-refractivity contribution >= 4 is 0 Å². The van der Waals surface area contributed by atoms with Crippen molar-refractivity contribution in [1.29, 1.82) is 0 Å². The Morgan fingerprint density at radius 3 is 2.30 bits per heavy atom. The van der Waals surface area contributed by atoms with Crippen LogP contribution in [0.25, 0.3) is 0 Å². The molecular formula is C8H17O2. The molecular weight excluding hydrogens is 128 g/mol. The largest absolute Gasteiger partial charge is 0.373 e. The van der Waals surface area contributed by atoms with Crippen molar-refractivity contribution in [2.45, 2.75) is 45.8 Å². The van der Waals surface area contributed by atoms with E-state index in [9.17, 15) is 5.11 Å². The molecule has 2 nitrogen and oxygen atoms in total. The van der Waals surface area contributed by atoms with Crippen molar-refractivity contribution in [1.82, 2.24) is 0 Å². The van der Waals surface area contributed by atoms with Gasteiger partial charge in [-0.3, -0.25) is 0 Å². The van der Waals surface area contributed by atoms with E-state index in [0.29, 0.717) is 0 Å². The molecule has 0 spiro atoms. The minimum atomic E-state index is -0.131. The fourth-order valence-corrected chi connectivity index (χ4v) is 0.910. The van der Waals surface area contributed by atoms with Crippen molar-refractivity contribution in [3.05, 3.63) is 0 Å². The van der Waals surface area contributed by atoms with E-state index in [2.05, 4.69) is 6.92 Å². The average Bonchev–Trinajstić information content (AvgIpc) is 1.88. The van der Waals surface area contributed by atoms with Crippen LogP contribution in [0.4, 0.5) is 0 Å². The molecule has 2 atom stereocenters. The van der Waals surface area contributed by atoms with Crippen LogP contribution in [0.3, 0.4) is 0 Å². The first-order valence-electron chi connectivity index (χ1n) is 3.94. The highest BCUT2D eigenvalue weighted by atomic mass is 16.5. The number of hydrogen-bond donors (Lipinski definition) is 0. The summed E-state index contributed by atoms with van der Waals surface area (Å²) in [5.41, 5.74) is 0. The summed E-state index contributed by atoms with van der Waals surface area (Å²) in [6, 6.07) is 0. The molecule has 0 saturated carbocycles. The van der Waals surface area contributed by atoms with Gasteiger partial charge in [0.2, 0.25) is 0 Å². The molecule has 0 amide bonds. The van der Waals surface area contributed by atoms with Crippen LogP contribution in [0.5, 0.6) is 0 Å². The molecule has 2 unspecified atom stereocenters. The van der Waals surface area contributed by atoms with Crippen molar-refractivity contribution in [3.63, 3.8) is 0 Å². The first-order chi connectivity index (χ1) is 4.70. The predicted molar refractivity (Wildman–Crippen MR) is 40.5 cm³/mol. The first kappa shape index (κ1) is 9.92. The van der Waals surface area contributed by atoms with Crippen molar-refractivity contribution in [3.8, 4) is 0 Å². The van der Waals surface area contributed by atoms with Crippen LogP contribution in [0.15, 0.2) is 0 Å². The first-order valence-corrected chi connectivity index (χ1v) is 3.94. The van der Waals surface area contributed by atoms with E-state index in [1.807, 2.05) is 13.8 Å². The molecule has 0 bridgehead atoms. The lowest BCUT2D eigenvalue weighted by atomic mass is 10.2. The minimum absolute atomic E-state index is 0.124. The van der Waals surface area contributed by atoms with Gasteiger partial charge in [-0.25, -0.2) is 5.11 Å². The maximum absolute atomic E-state index is 10.2. The quantitative estimate of drug-likeness (QED) is 0.581. The number of ether oxygens (including phenoxy) is 1. The van der Waals surface area contributed by atoms with E-state index in [-0.39, 0.29) is 18.8 Å². The molecule has 0 aromatic rings. The van der Waals surface area contributed by atoms with Gasteiger partial charge >= 0.3 is 0 Å². The van der Waals surface area contributed by atoms with Crippen LogP contribution in [0.1, 0.15) is 33.6 Å². The molecule has 0 heterocycles. The van der Waals surface area contributed by atoms with E-state index in [1.165, 1.54) is 0 Å². The Labute approximate surface area is 63.2 Å². The molecule has 0 aliphatic carbocycles. The van der Waals surface area contributed by atoms with Gasteiger partial charge in [0.25, 0.3) is 0 Å². The summed E-state index contributed by atoms with van der Waals surface area (Å²) in [7, 11) is 0. The summed E-state index contributed by atoms with van der Waals surface area (Å²) < 4.78 is 5.33. The topological polar surface area (TPSA) is 29.1 Å². The number of hydrogen-bond acceptors (Lipinski definition) is 1. The van der Waals surface area contributed by atoms with E-state index in [1.54, 1.807) is 0 Å². The maximum Gasteiger partial charge on any atom is 0.108 e. The van der Waals surface area contributed by atoms with Crippen LogP contribution in [-0.2, 0) is 9.84 Å². The van der Waals surface area contributed by atoms with E-state index < -0.39 is 0 Å². The fourth-order valence-electron chi connectivity index (χ4n) is 0.910. The van der Waals surface area contributed by atoms with Crippen LogP contribution < -0.4 is 0 Å². The second-order valence-electron chi connectivity index (χ2n) is 2.71. The highest BCUT2D eigenvalue weighted by Crippen LogP contribution is 2.03. The summed E-state index contributed by atoms with van der Waals surface area (Å²) in [6.45, 7) is 5.81. The van der Waals surface area contributed by atoms with Gasteiger partial charge in [-0.05, 0) is 20.3 Å². The highest BCUT2D eigenvalue weighted by Gasteiger charge is 2.05. The molecule has 61 valence electrons. The van der Waals surface area contributed by atoms with Gasteiger partial charge in [0.1, 0.15) is 6.61 Å². The smallest absolute Gasteiger partial charge is 0.108 e. The molecule has 0 aliphatic heterocycles. The average molecular weight is 145 g/mol. The highest BCUT2D eigenvalue weighted by molar-refractivity contribution is 4.52. The van der Waals surface area contributed by atoms with Gasteiger partial charge in [0, 0.05) is 0 Å². The van der Waals surface area contributed by atoms with Gasteiger partial charge in [0.05, 0.1) is 12.2 Å². The zero-order valence-corrected chi connectivity index (χ0v) is 7.09. The van der Waals surface area contributed by atoms with Crippen LogP contribution >= 0.6 is 0 Å². The monoisotopic (exact) mass is 145 g/mol. The third-order valence-corrected chi connectivity index (χ3v) is 1.39. The molecule has 0 fully saturated rings. The number of rotatable bonds is 5. The van der Waals surface area contributed by atoms with Crippen molar-refractivity contribution in [2.24, 2.45) is 0 Å². The van der Waals surface area contributed by atoms with Crippen molar-refractivity contribution < 1.29 is 9.84 Å². The summed E-state index contributed by atoms with van der Waals surface area (Å²) in [6.07, 6.45) is 2.28. The Morgan fingerprint density at radius 1 is 1.30 bits per heavy atom. The Hall–Kier alpha value is -0.0800. The molecule has 10 heavy (non-hydrogen) atoms. The Bertz CT molecular complexity index is 73.7. The van der Waals surface area contributed by atoms with E-state index in [4.69, 9.17) is 4.74 Å². The standard InChI is InChI=1S/C8H17O2/c1-4-5-7(2)10-8(3)6-9/h7-8H,4-6H2,1-3H3. The summed E-state index contributed by atoms with van der Waals surface area (Å²) in [5.74, 6) is 0. The predicted octanol–water partition coefficient (Wildman–Crippen LogP) is 2.01. The van der Waals surface area contributed by atoms with Gasteiger partial charge < -0.3 is 4.74 Å². The normalized spacial score (nSPS) is 16.8. The third kappa shape index (κ3) is 4.77. The molecule has 0 rings (SSSR count). The Morgan fingerprint density at radius 2 is 1.90 bits per heavy atom. The van der Waals surface area contributed by atoms with Crippen LogP contribution in [0, 0.1) is 0 Å². The second kappa shape index (κ2) is 5.69. The zero-order valence-electron chi connectivity index (χ0n) is 7.09. The lowest BCUT2D eigenvalue weighted by Crippen LogP contribution is -2.19. The van der Waals surface area contributed by atoms with Gasteiger partial charge in [-0.15, -0.1) is 0 Å². The molecule has 0 N–H and O–H groups in total. The van der Waals surface area contributed by atoms with E-state index in [0.717, 1.165) is 12.8 Å². The minimum Gasteiger partial charge on any atom is -0.373 e. The van der Waals surface area contributed by atoms with Gasteiger partial charge in [-0.2, -0.15) is 0 Å². The van der Waals surface area contributed by atoms with Gasteiger partial charge in [-0.1, -0.05) is 13.3 Å². The van der Waals surface area contributed by atoms with Crippen LogP contribution in [-0.4, -0.2) is 18.8 Å². The van der Waals surface area contributed by atoms with Crippen LogP contribution in [0.2, 0.25) is 0 Å². The Balaban J connectivity index is 3.27. The molecule has 0 aliphatic rings.